The van der Waals surface area contributed by atoms with Gasteiger partial charge in [-0.2, -0.15) is 8.78 Å². The van der Waals surface area contributed by atoms with Crippen molar-refractivity contribution in [1.82, 2.24) is 0 Å². The summed E-state index contributed by atoms with van der Waals surface area (Å²) in [5.41, 5.74) is 0.826. The highest BCUT2D eigenvalue weighted by Crippen LogP contribution is 2.37. The van der Waals surface area contributed by atoms with Gasteiger partial charge in [-0.15, -0.1) is 0 Å². The van der Waals surface area contributed by atoms with E-state index in [1.54, 1.807) is 12.1 Å². The zero-order chi connectivity index (χ0) is 11.5. The van der Waals surface area contributed by atoms with Gasteiger partial charge in [-0.25, -0.2) is 0 Å². The topological polar surface area (TPSA) is 12.0 Å². The predicted molar refractivity (Wildman–Crippen MR) is 64.1 cm³/mol. The fourth-order valence-electron chi connectivity index (χ4n) is 1.74. The number of thioether (sulfide) groups is 1. The van der Waals surface area contributed by atoms with Crippen molar-refractivity contribution in [3.05, 3.63) is 24.3 Å². The molecule has 1 aliphatic rings. The minimum Gasteiger partial charge on any atom is -0.381 e. The molecular formula is C12H15F2NS. The molecule has 0 spiro atoms. The summed E-state index contributed by atoms with van der Waals surface area (Å²) in [5.74, 6) is -1.65. The summed E-state index contributed by atoms with van der Waals surface area (Å²) in [4.78, 5) is 0.630. The van der Waals surface area contributed by atoms with Gasteiger partial charge < -0.3 is 5.32 Å². The summed E-state index contributed by atoms with van der Waals surface area (Å²) in [6.07, 6.45) is 2.50. The maximum Gasteiger partial charge on any atom is 0.288 e. The van der Waals surface area contributed by atoms with Crippen LogP contribution < -0.4 is 5.32 Å². The van der Waals surface area contributed by atoms with Gasteiger partial charge in [0.1, 0.15) is 0 Å². The lowest BCUT2D eigenvalue weighted by atomic mass is 10.2. The number of hydrogen-bond acceptors (Lipinski definition) is 2. The Morgan fingerprint density at radius 2 is 2.00 bits per heavy atom. The Hall–Kier alpha value is -0.770. The third kappa shape index (κ3) is 3.11. The molecule has 1 aromatic carbocycles. The van der Waals surface area contributed by atoms with Crippen LogP contribution in [0.5, 0.6) is 0 Å². The number of benzene rings is 1. The molecule has 2 rings (SSSR count). The number of para-hydroxylation sites is 1. The van der Waals surface area contributed by atoms with Crippen LogP contribution in [0.15, 0.2) is 29.2 Å². The van der Waals surface area contributed by atoms with Crippen molar-refractivity contribution in [2.75, 3.05) is 5.32 Å². The third-order valence-corrected chi connectivity index (χ3v) is 3.60. The van der Waals surface area contributed by atoms with E-state index in [1.807, 2.05) is 12.1 Å². The molecule has 1 fully saturated rings. The SMILES string of the molecule is CC(Nc1ccccc1SC(F)F)C1CC1. The Morgan fingerprint density at radius 3 is 2.62 bits per heavy atom. The van der Waals surface area contributed by atoms with Gasteiger partial charge in [0.15, 0.2) is 0 Å². The summed E-state index contributed by atoms with van der Waals surface area (Å²) >= 11 is 0.603. The van der Waals surface area contributed by atoms with Gasteiger partial charge in [-0.3, -0.25) is 0 Å². The highest BCUT2D eigenvalue weighted by atomic mass is 32.2. The molecule has 1 nitrogen and oxygen atoms in total. The molecule has 88 valence electrons. The molecule has 0 saturated heterocycles. The van der Waals surface area contributed by atoms with Gasteiger partial charge in [0.2, 0.25) is 0 Å². The molecule has 1 aliphatic carbocycles. The van der Waals surface area contributed by atoms with Crippen LogP contribution in [0.25, 0.3) is 0 Å². The van der Waals surface area contributed by atoms with E-state index in [0.29, 0.717) is 28.6 Å². The minimum atomic E-state index is -2.36. The van der Waals surface area contributed by atoms with E-state index in [9.17, 15) is 8.78 Å². The molecular weight excluding hydrogens is 228 g/mol. The standard InChI is InChI=1S/C12H15F2NS/c1-8(9-6-7-9)15-10-4-2-3-5-11(10)16-12(13)14/h2-5,8-9,12,15H,6-7H2,1H3. The molecule has 0 aliphatic heterocycles. The summed E-state index contributed by atoms with van der Waals surface area (Å²) < 4.78 is 24.7. The van der Waals surface area contributed by atoms with Crippen molar-refractivity contribution >= 4 is 17.4 Å². The molecule has 0 heterocycles. The second-order valence-electron chi connectivity index (χ2n) is 4.15. The van der Waals surface area contributed by atoms with Gasteiger partial charge in [0.25, 0.3) is 5.76 Å². The first-order valence-electron chi connectivity index (χ1n) is 5.47. The molecule has 1 N–H and O–H groups in total. The van der Waals surface area contributed by atoms with Crippen molar-refractivity contribution in [3.63, 3.8) is 0 Å². The third-order valence-electron chi connectivity index (χ3n) is 2.82. The van der Waals surface area contributed by atoms with Crippen LogP contribution in [0.1, 0.15) is 19.8 Å². The zero-order valence-corrected chi connectivity index (χ0v) is 9.94. The molecule has 1 unspecified atom stereocenters. The van der Waals surface area contributed by atoms with Crippen LogP contribution in [0.4, 0.5) is 14.5 Å². The summed E-state index contributed by atoms with van der Waals surface area (Å²) in [6, 6.07) is 7.64. The van der Waals surface area contributed by atoms with Gasteiger partial charge in [0.05, 0.1) is 0 Å². The van der Waals surface area contributed by atoms with Crippen LogP contribution in [0.2, 0.25) is 0 Å². The van der Waals surface area contributed by atoms with Crippen LogP contribution in [0, 0.1) is 5.92 Å². The fraction of sp³-hybridized carbons (Fsp3) is 0.500. The largest absolute Gasteiger partial charge is 0.381 e. The molecule has 0 aromatic heterocycles. The normalized spacial score (nSPS) is 17.5. The zero-order valence-electron chi connectivity index (χ0n) is 9.12. The summed E-state index contributed by atoms with van der Waals surface area (Å²) in [6.45, 7) is 2.11. The molecule has 1 atom stereocenters. The van der Waals surface area contributed by atoms with Gasteiger partial charge in [-0.1, -0.05) is 23.9 Å². The van der Waals surface area contributed by atoms with Crippen LogP contribution >= 0.6 is 11.8 Å². The smallest absolute Gasteiger partial charge is 0.288 e. The summed E-state index contributed by atoms with van der Waals surface area (Å²) in [5, 5.41) is 3.32. The Kier molecular flexibility index (Phi) is 3.69. The van der Waals surface area contributed by atoms with Crippen molar-refractivity contribution in [3.8, 4) is 0 Å². The first kappa shape index (κ1) is 11.7. The number of nitrogens with one attached hydrogen (secondary N) is 1. The summed E-state index contributed by atoms with van der Waals surface area (Å²) in [7, 11) is 0. The lowest BCUT2D eigenvalue weighted by Crippen LogP contribution is -2.17. The molecule has 0 bridgehead atoms. The monoisotopic (exact) mass is 243 g/mol. The Balaban J connectivity index is 2.05. The highest BCUT2D eigenvalue weighted by molar-refractivity contribution is 7.99. The average Bonchev–Trinajstić information content (AvgIpc) is 3.03. The van der Waals surface area contributed by atoms with E-state index in [1.165, 1.54) is 12.8 Å². The van der Waals surface area contributed by atoms with E-state index in [2.05, 4.69) is 12.2 Å². The number of hydrogen-bond donors (Lipinski definition) is 1. The number of anilines is 1. The van der Waals surface area contributed by atoms with Crippen molar-refractivity contribution in [2.45, 2.75) is 36.5 Å². The highest BCUT2D eigenvalue weighted by Gasteiger charge is 2.28. The van der Waals surface area contributed by atoms with Crippen LogP contribution in [-0.2, 0) is 0 Å². The average molecular weight is 243 g/mol. The quantitative estimate of drug-likeness (QED) is 0.777. The number of alkyl halides is 2. The Morgan fingerprint density at radius 1 is 1.31 bits per heavy atom. The second-order valence-corrected chi connectivity index (χ2v) is 5.18. The van der Waals surface area contributed by atoms with Gasteiger partial charge in [-0.05, 0) is 37.8 Å². The Bertz CT molecular complexity index is 353. The maximum atomic E-state index is 12.3. The number of halogens is 2. The van der Waals surface area contributed by atoms with Crippen molar-refractivity contribution in [1.29, 1.82) is 0 Å². The van der Waals surface area contributed by atoms with E-state index < -0.39 is 5.76 Å². The predicted octanol–water partition coefficient (Wildman–Crippen LogP) is 4.21. The van der Waals surface area contributed by atoms with Gasteiger partial charge >= 0.3 is 0 Å². The van der Waals surface area contributed by atoms with Crippen molar-refractivity contribution < 1.29 is 8.78 Å². The molecule has 16 heavy (non-hydrogen) atoms. The van der Waals surface area contributed by atoms with Crippen molar-refractivity contribution in [2.24, 2.45) is 5.92 Å². The van der Waals surface area contributed by atoms with E-state index in [4.69, 9.17) is 0 Å². The minimum absolute atomic E-state index is 0.374. The molecule has 0 radical (unpaired) electrons. The lowest BCUT2D eigenvalue weighted by molar-refractivity contribution is 0.252. The van der Waals surface area contributed by atoms with E-state index in [0.717, 1.165) is 5.69 Å². The fourth-order valence-corrected chi connectivity index (χ4v) is 2.35. The van der Waals surface area contributed by atoms with Gasteiger partial charge in [0, 0.05) is 16.6 Å². The molecule has 1 saturated carbocycles. The molecule has 1 aromatic rings. The first-order valence-corrected chi connectivity index (χ1v) is 6.35. The Labute approximate surface area is 98.6 Å². The van der Waals surface area contributed by atoms with E-state index in [-0.39, 0.29) is 0 Å². The van der Waals surface area contributed by atoms with Crippen LogP contribution in [0.3, 0.4) is 0 Å². The molecule has 4 heteroatoms. The lowest BCUT2D eigenvalue weighted by Gasteiger charge is -2.17. The number of rotatable bonds is 5. The van der Waals surface area contributed by atoms with Crippen LogP contribution in [-0.4, -0.2) is 11.8 Å². The van der Waals surface area contributed by atoms with E-state index >= 15 is 0 Å². The molecule has 0 amide bonds. The second kappa shape index (κ2) is 5.04. The maximum absolute atomic E-state index is 12.3. The first-order chi connectivity index (χ1) is 7.66.